The normalized spacial score (nSPS) is 18.8. The minimum atomic E-state index is -0.0453. The van der Waals surface area contributed by atoms with Crippen LogP contribution in [0.25, 0.3) is 0 Å². The lowest BCUT2D eigenvalue weighted by Gasteiger charge is -2.36. The van der Waals surface area contributed by atoms with Crippen LogP contribution in [0.15, 0.2) is 27.8 Å². The van der Waals surface area contributed by atoms with Crippen molar-refractivity contribution in [3.8, 4) is 0 Å². The Labute approximate surface area is 142 Å². The summed E-state index contributed by atoms with van der Waals surface area (Å²) in [5, 5.41) is 3.33. The number of aliphatic imine (C=N–C) groups is 1. The van der Waals surface area contributed by atoms with Gasteiger partial charge in [-0.2, -0.15) is 0 Å². The Hall–Kier alpha value is -2.02. The van der Waals surface area contributed by atoms with Gasteiger partial charge in [-0.1, -0.05) is 0 Å². The largest absolute Gasteiger partial charge is 0.459 e. The molecule has 3 rings (SSSR count). The standard InChI is InChI=1S/C17H26N4O3/c1-18-17(19-6-12-23-13-14-4-5-14)21-9-7-20(8-10-21)16(22)15-3-2-11-24-15/h2-3,11,14H,4-10,12-13H2,1H3,(H,18,19). The van der Waals surface area contributed by atoms with Crippen LogP contribution < -0.4 is 5.32 Å². The maximum Gasteiger partial charge on any atom is 0.289 e. The molecule has 0 aromatic carbocycles. The van der Waals surface area contributed by atoms with E-state index < -0.39 is 0 Å². The molecule has 1 aliphatic carbocycles. The van der Waals surface area contributed by atoms with Gasteiger partial charge in [-0.25, -0.2) is 0 Å². The summed E-state index contributed by atoms with van der Waals surface area (Å²) < 4.78 is 10.8. The molecular formula is C17H26N4O3. The molecule has 2 fully saturated rings. The number of carbonyl (C=O) groups excluding carboxylic acids is 1. The second-order valence-corrected chi connectivity index (χ2v) is 6.25. The van der Waals surface area contributed by atoms with Gasteiger partial charge in [0.2, 0.25) is 0 Å². The topological polar surface area (TPSA) is 70.3 Å². The van der Waals surface area contributed by atoms with Crippen LogP contribution in [-0.4, -0.2) is 74.7 Å². The molecule has 0 bridgehead atoms. The fourth-order valence-electron chi connectivity index (χ4n) is 2.78. The summed E-state index contributed by atoms with van der Waals surface area (Å²) in [7, 11) is 1.79. The summed E-state index contributed by atoms with van der Waals surface area (Å²) in [6.45, 7) is 5.19. The molecule has 132 valence electrons. The van der Waals surface area contributed by atoms with Gasteiger partial charge < -0.3 is 24.3 Å². The SMILES string of the molecule is CN=C(NCCOCC1CC1)N1CCN(C(=O)c2ccco2)CC1. The molecule has 1 N–H and O–H groups in total. The summed E-state index contributed by atoms with van der Waals surface area (Å²) in [6.07, 6.45) is 4.16. The Morgan fingerprint density at radius 2 is 2.08 bits per heavy atom. The van der Waals surface area contributed by atoms with E-state index in [1.54, 1.807) is 19.2 Å². The molecular weight excluding hydrogens is 308 g/mol. The highest BCUT2D eigenvalue weighted by molar-refractivity contribution is 5.91. The third-order valence-corrected chi connectivity index (χ3v) is 4.39. The number of amides is 1. The molecule has 1 aliphatic heterocycles. The van der Waals surface area contributed by atoms with Crippen LogP contribution in [0.5, 0.6) is 0 Å². The Morgan fingerprint density at radius 3 is 2.71 bits per heavy atom. The van der Waals surface area contributed by atoms with Crippen LogP contribution in [0.2, 0.25) is 0 Å². The summed E-state index contributed by atoms with van der Waals surface area (Å²) in [6, 6.07) is 3.44. The lowest BCUT2D eigenvalue weighted by Crippen LogP contribution is -2.54. The Bertz CT molecular complexity index is 546. The molecule has 1 aromatic rings. The van der Waals surface area contributed by atoms with E-state index in [1.807, 2.05) is 4.90 Å². The van der Waals surface area contributed by atoms with Gasteiger partial charge in [0.1, 0.15) is 0 Å². The van der Waals surface area contributed by atoms with E-state index in [4.69, 9.17) is 9.15 Å². The number of ether oxygens (including phenoxy) is 1. The Kier molecular flexibility index (Phi) is 5.74. The van der Waals surface area contributed by atoms with E-state index in [9.17, 15) is 4.79 Å². The van der Waals surface area contributed by atoms with Crippen molar-refractivity contribution < 1.29 is 13.9 Å². The first kappa shape index (κ1) is 16.8. The van der Waals surface area contributed by atoms with Gasteiger partial charge >= 0.3 is 0 Å². The Morgan fingerprint density at radius 1 is 1.33 bits per heavy atom. The molecule has 24 heavy (non-hydrogen) atoms. The molecule has 2 aliphatic rings. The van der Waals surface area contributed by atoms with Gasteiger partial charge in [0, 0.05) is 46.4 Å². The molecule has 1 aromatic heterocycles. The summed E-state index contributed by atoms with van der Waals surface area (Å²) in [4.78, 5) is 20.6. The zero-order valence-corrected chi connectivity index (χ0v) is 14.2. The molecule has 7 heteroatoms. The van der Waals surface area contributed by atoms with E-state index in [2.05, 4.69) is 15.2 Å². The van der Waals surface area contributed by atoms with Gasteiger partial charge in [-0.15, -0.1) is 0 Å². The van der Waals surface area contributed by atoms with Gasteiger partial charge in [-0.05, 0) is 30.9 Å². The molecule has 0 spiro atoms. The zero-order chi connectivity index (χ0) is 16.8. The maximum absolute atomic E-state index is 12.3. The van der Waals surface area contributed by atoms with Gasteiger partial charge in [-0.3, -0.25) is 9.79 Å². The highest BCUT2D eigenvalue weighted by Gasteiger charge is 2.25. The monoisotopic (exact) mass is 334 g/mol. The number of guanidine groups is 1. The Balaban J connectivity index is 1.38. The molecule has 1 saturated carbocycles. The zero-order valence-electron chi connectivity index (χ0n) is 14.2. The van der Waals surface area contributed by atoms with Crippen molar-refractivity contribution in [2.75, 3.05) is 53.0 Å². The fraction of sp³-hybridized carbons (Fsp3) is 0.647. The minimum Gasteiger partial charge on any atom is -0.459 e. The summed E-state index contributed by atoms with van der Waals surface area (Å²) >= 11 is 0. The number of piperazine rings is 1. The molecule has 2 heterocycles. The first-order chi connectivity index (χ1) is 11.8. The van der Waals surface area contributed by atoms with Gasteiger partial charge in [0.05, 0.1) is 12.9 Å². The van der Waals surface area contributed by atoms with Crippen LogP contribution in [0.4, 0.5) is 0 Å². The first-order valence-electron chi connectivity index (χ1n) is 8.64. The number of hydrogen-bond acceptors (Lipinski definition) is 4. The average Bonchev–Trinajstić information content (AvgIpc) is 3.28. The second-order valence-electron chi connectivity index (χ2n) is 6.25. The average molecular weight is 334 g/mol. The number of furan rings is 1. The first-order valence-corrected chi connectivity index (χ1v) is 8.64. The van der Waals surface area contributed by atoms with Crippen LogP contribution in [-0.2, 0) is 4.74 Å². The fourth-order valence-corrected chi connectivity index (χ4v) is 2.78. The summed E-state index contributed by atoms with van der Waals surface area (Å²) in [5.41, 5.74) is 0. The van der Waals surface area contributed by atoms with Crippen LogP contribution in [0, 0.1) is 5.92 Å². The van der Waals surface area contributed by atoms with Crippen LogP contribution >= 0.6 is 0 Å². The minimum absolute atomic E-state index is 0.0453. The van der Waals surface area contributed by atoms with Crippen molar-refractivity contribution in [1.82, 2.24) is 15.1 Å². The van der Waals surface area contributed by atoms with Crippen molar-refractivity contribution in [2.45, 2.75) is 12.8 Å². The van der Waals surface area contributed by atoms with Crippen molar-refractivity contribution in [2.24, 2.45) is 10.9 Å². The maximum atomic E-state index is 12.3. The van der Waals surface area contributed by atoms with Crippen molar-refractivity contribution in [3.63, 3.8) is 0 Å². The van der Waals surface area contributed by atoms with Gasteiger partial charge in [0.15, 0.2) is 11.7 Å². The van der Waals surface area contributed by atoms with E-state index >= 15 is 0 Å². The van der Waals surface area contributed by atoms with Crippen LogP contribution in [0.3, 0.4) is 0 Å². The highest BCUT2D eigenvalue weighted by atomic mass is 16.5. The third-order valence-electron chi connectivity index (χ3n) is 4.39. The van der Waals surface area contributed by atoms with E-state index in [-0.39, 0.29) is 5.91 Å². The molecule has 7 nitrogen and oxygen atoms in total. The second kappa shape index (κ2) is 8.19. The smallest absolute Gasteiger partial charge is 0.289 e. The number of hydrogen-bond donors (Lipinski definition) is 1. The molecule has 0 unspecified atom stereocenters. The van der Waals surface area contributed by atoms with Crippen LogP contribution in [0.1, 0.15) is 23.4 Å². The molecule has 0 radical (unpaired) electrons. The summed E-state index contributed by atoms with van der Waals surface area (Å²) in [5.74, 6) is 2.02. The number of carbonyl (C=O) groups is 1. The highest BCUT2D eigenvalue weighted by Crippen LogP contribution is 2.28. The van der Waals surface area contributed by atoms with Crippen molar-refractivity contribution in [3.05, 3.63) is 24.2 Å². The number of nitrogens with one attached hydrogen (secondary N) is 1. The van der Waals surface area contributed by atoms with Crippen molar-refractivity contribution in [1.29, 1.82) is 0 Å². The van der Waals surface area contributed by atoms with Gasteiger partial charge in [0.25, 0.3) is 5.91 Å². The molecule has 1 saturated heterocycles. The molecule has 0 atom stereocenters. The predicted octanol–water partition coefficient (Wildman–Crippen LogP) is 1.04. The lowest BCUT2D eigenvalue weighted by atomic mass is 10.3. The number of rotatable bonds is 6. The third kappa shape index (κ3) is 4.50. The van der Waals surface area contributed by atoms with E-state index in [1.165, 1.54) is 19.1 Å². The lowest BCUT2D eigenvalue weighted by molar-refractivity contribution is 0.0657. The molecule has 1 amide bonds. The quantitative estimate of drug-likeness (QED) is 0.478. The van der Waals surface area contributed by atoms with E-state index in [0.29, 0.717) is 25.5 Å². The van der Waals surface area contributed by atoms with E-state index in [0.717, 1.165) is 38.1 Å². The van der Waals surface area contributed by atoms with Crippen molar-refractivity contribution >= 4 is 11.9 Å². The predicted molar refractivity (Wildman–Crippen MR) is 91.1 cm³/mol. The number of nitrogens with zero attached hydrogens (tertiary/aromatic N) is 3.